The summed E-state index contributed by atoms with van der Waals surface area (Å²) in [6, 6.07) is 7.18. The van der Waals surface area contributed by atoms with Crippen molar-refractivity contribution in [3.8, 4) is 16.2 Å². The Labute approximate surface area is 144 Å². The van der Waals surface area contributed by atoms with E-state index in [9.17, 15) is 19.8 Å². The molecule has 0 fully saturated rings. The van der Waals surface area contributed by atoms with Gasteiger partial charge in [0.05, 0.1) is 6.61 Å². The fourth-order valence-electron chi connectivity index (χ4n) is 2.35. The summed E-state index contributed by atoms with van der Waals surface area (Å²) in [5, 5.41) is 29.9. The first kappa shape index (κ1) is 16.4. The van der Waals surface area contributed by atoms with Crippen LogP contribution in [0.1, 0.15) is 15.2 Å². The van der Waals surface area contributed by atoms with Crippen molar-refractivity contribution < 1.29 is 29.6 Å². The molecule has 0 aliphatic heterocycles. The minimum Gasteiger partial charge on any atom is -0.479 e. The van der Waals surface area contributed by atoms with Crippen LogP contribution in [0, 0.1) is 0 Å². The maximum absolute atomic E-state index is 11.4. The first-order valence-electron chi connectivity index (χ1n) is 6.83. The number of ether oxygens (including phenoxy) is 1. The molecule has 8 heteroatoms. The highest BCUT2D eigenvalue weighted by Crippen LogP contribution is 2.41. The first-order chi connectivity index (χ1) is 11.5. The van der Waals surface area contributed by atoms with Crippen LogP contribution in [0.15, 0.2) is 29.6 Å². The van der Waals surface area contributed by atoms with Crippen LogP contribution in [0.3, 0.4) is 0 Å². The van der Waals surface area contributed by atoms with E-state index in [0.29, 0.717) is 10.1 Å². The average molecular weight is 364 g/mol. The molecule has 2 heterocycles. The molecule has 1 aromatic carbocycles. The second kappa shape index (κ2) is 6.60. The van der Waals surface area contributed by atoms with Crippen molar-refractivity contribution in [3.05, 3.63) is 40.1 Å². The van der Waals surface area contributed by atoms with Gasteiger partial charge in [-0.15, -0.1) is 22.7 Å². The van der Waals surface area contributed by atoms with Gasteiger partial charge in [-0.3, -0.25) is 0 Å². The van der Waals surface area contributed by atoms with Crippen LogP contribution < -0.4 is 4.74 Å². The van der Waals surface area contributed by atoms with E-state index >= 15 is 0 Å². The molecule has 0 saturated heterocycles. The molecule has 2 aromatic heterocycles. The number of hydrogen-bond donors (Lipinski definition) is 3. The maximum atomic E-state index is 11.4. The van der Waals surface area contributed by atoms with E-state index in [-0.39, 0.29) is 17.2 Å². The molecule has 0 saturated carbocycles. The molecule has 124 valence electrons. The largest absolute Gasteiger partial charge is 0.479 e. The van der Waals surface area contributed by atoms with Gasteiger partial charge in [-0.05, 0) is 34.7 Å². The zero-order valence-corrected chi connectivity index (χ0v) is 13.8. The predicted molar refractivity (Wildman–Crippen MR) is 91.2 cm³/mol. The molecule has 0 atom stereocenters. The molecule has 0 radical (unpaired) electrons. The highest BCUT2D eigenvalue weighted by atomic mass is 32.1. The van der Waals surface area contributed by atoms with Gasteiger partial charge in [0.15, 0.2) is 17.2 Å². The minimum atomic E-state index is -1.17. The third-order valence-electron chi connectivity index (χ3n) is 3.36. The number of carboxylic acid groups (broad SMARTS) is 2. The molecule has 0 unspecified atom stereocenters. The number of fused-ring (bicyclic) bond motifs is 1. The lowest BCUT2D eigenvalue weighted by Gasteiger charge is -2.04. The molecule has 24 heavy (non-hydrogen) atoms. The SMILES string of the molecule is O=C(O)COc1c(C(=O)O)sc2cc(-c3sccc3CO)ccc12. The maximum Gasteiger partial charge on any atom is 0.349 e. The summed E-state index contributed by atoms with van der Waals surface area (Å²) in [7, 11) is 0. The number of thiophene rings is 2. The van der Waals surface area contributed by atoms with Gasteiger partial charge in [-0.1, -0.05) is 6.07 Å². The first-order valence-corrected chi connectivity index (χ1v) is 8.53. The quantitative estimate of drug-likeness (QED) is 0.620. The van der Waals surface area contributed by atoms with E-state index < -0.39 is 18.5 Å². The van der Waals surface area contributed by atoms with Gasteiger partial charge in [-0.2, -0.15) is 0 Å². The van der Waals surface area contributed by atoms with Gasteiger partial charge in [0.2, 0.25) is 0 Å². The Balaban J connectivity index is 2.10. The van der Waals surface area contributed by atoms with E-state index in [1.165, 1.54) is 11.3 Å². The second-order valence-electron chi connectivity index (χ2n) is 4.89. The molecule has 0 bridgehead atoms. The fraction of sp³-hybridized carbons (Fsp3) is 0.125. The van der Waals surface area contributed by atoms with Gasteiger partial charge in [0.1, 0.15) is 0 Å². The third kappa shape index (κ3) is 2.99. The highest BCUT2D eigenvalue weighted by Gasteiger charge is 2.21. The Bertz CT molecular complexity index is 924. The summed E-state index contributed by atoms with van der Waals surface area (Å²) in [5.41, 5.74) is 1.67. The van der Waals surface area contributed by atoms with Crippen molar-refractivity contribution in [2.45, 2.75) is 6.61 Å². The lowest BCUT2D eigenvalue weighted by Crippen LogP contribution is -2.10. The summed E-state index contributed by atoms with van der Waals surface area (Å²) in [6.45, 7) is -0.678. The second-order valence-corrected chi connectivity index (χ2v) is 6.86. The Kier molecular flexibility index (Phi) is 4.52. The van der Waals surface area contributed by atoms with Gasteiger partial charge in [-0.25, -0.2) is 9.59 Å². The summed E-state index contributed by atoms with van der Waals surface area (Å²) in [5.74, 6) is -2.26. The van der Waals surface area contributed by atoms with Crippen molar-refractivity contribution >= 4 is 44.7 Å². The molecule has 3 rings (SSSR count). The highest BCUT2D eigenvalue weighted by molar-refractivity contribution is 7.21. The summed E-state index contributed by atoms with van der Waals surface area (Å²) in [4.78, 5) is 23.0. The van der Waals surface area contributed by atoms with E-state index in [1.54, 1.807) is 12.1 Å². The van der Waals surface area contributed by atoms with E-state index in [4.69, 9.17) is 9.84 Å². The summed E-state index contributed by atoms with van der Waals surface area (Å²) < 4.78 is 5.86. The lowest BCUT2D eigenvalue weighted by molar-refractivity contribution is -0.139. The molecular formula is C16H12O6S2. The fourth-order valence-corrected chi connectivity index (χ4v) is 4.29. The molecule has 3 aromatic rings. The zero-order chi connectivity index (χ0) is 17.3. The molecule has 0 spiro atoms. The standard InChI is InChI=1S/C16H12O6S2/c17-6-9-3-4-23-14(9)8-1-2-10-11(5-8)24-15(16(20)21)13(10)22-7-12(18)19/h1-5,17H,6-7H2,(H,18,19)(H,20,21). The van der Waals surface area contributed by atoms with Crippen LogP contribution in [0.4, 0.5) is 0 Å². The van der Waals surface area contributed by atoms with Crippen LogP contribution in [0.25, 0.3) is 20.5 Å². The number of aliphatic hydroxyl groups excluding tert-OH is 1. The van der Waals surface area contributed by atoms with Crippen molar-refractivity contribution in [2.75, 3.05) is 6.61 Å². The Morgan fingerprint density at radius 3 is 2.62 bits per heavy atom. The van der Waals surface area contributed by atoms with Crippen LogP contribution in [0.5, 0.6) is 5.75 Å². The molecular weight excluding hydrogens is 352 g/mol. The molecule has 0 amide bonds. The summed E-state index contributed by atoms with van der Waals surface area (Å²) in [6.07, 6.45) is 0. The smallest absolute Gasteiger partial charge is 0.349 e. The molecule has 6 nitrogen and oxygen atoms in total. The monoisotopic (exact) mass is 364 g/mol. The Morgan fingerprint density at radius 2 is 1.96 bits per heavy atom. The Hall–Kier alpha value is -2.42. The summed E-state index contributed by atoms with van der Waals surface area (Å²) >= 11 is 2.52. The normalized spacial score (nSPS) is 10.9. The number of carboxylic acids is 2. The topological polar surface area (TPSA) is 104 Å². The lowest BCUT2D eigenvalue weighted by atomic mass is 10.1. The van der Waals surface area contributed by atoms with E-state index in [1.807, 2.05) is 17.5 Å². The van der Waals surface area contributed by atoms with Crippen molar-refractivity contribution in [1.82, 2.24) is 0 Å². The van der Waals surface area contributed by atoms with Gasteiger partial charge < -0.3 is 20.1 Å². The van der Waals surface area contributed by atoms with Gasteiger partial charge >= 0.3 is 11.9 Å². The number of aliphatic hydroxyl groups is 1. The number of aromatic carboxylic acids is 1. The molecule has 0 aliphatic rings. The van der Waals surface area contributed by atoms with Crippen molar-refractivity contribution in [2.24, 2.45) is 0 Å². The third-order valence-corrected chi connectivity index (χ3v) is 5.49. The van der Waals surface area contributed by atoms with Crippen LogP contribution in [0.2, 0.25) is 0 Å². The van der Waals surface area contributed by atoms with Gasteiger partial charge in [0, 0.05) is 15.0 Å². The number of hydrogen-bond acceptors (Lipinski definition) is 6. The Morgan fingerprint density at radius 1 is 1.17 bits per heavy atom. The molecule has 3 N–H and O–H groups in total. The predicted octanol–water partition coefficient (Wildman–Crippen LogP) is 3.28. The number of rotatable bonds is 6. The molecule has 0 aliphatic carbocycles. The number of carbonyl (C=O) groups is 2. The van der Waals surface area contributed by atoms with Gasteiger partial charge in [0.25, 0.3) is 0 Å². The van der Waals surface area contributed by atoms with E-state index in [0.717, 1.165) is 27.3 Å². The van der Waals surface area contributed by atoms with Crippen molar-refractivity contribution in [3.63, 3.8) is 0 Å². The average Bonchev–Trinajstić information content (AvgIpc) is 3.16. The van der Waals surface area contributed by atoms with Crippen LogP contribution >= 0.6 is 22.7 Å². The van der Waals surface area contributed by atoms with E-state index in [2.05, 4.69) is 0 Å². The number of aliphatic carboxylic acids is 1. The van der Waals surface area contributed by atoms with Crippen LogP contribution in [-0.2, 0) is 11.4 Å². The van der Waals surface area contributed by atoms with Crippen molar-refractivity contribution in [1.29, 1.82) is 0 Å². The zero-order valence-electron chi connectivity index (χ0n) is 12.2. The minimum absolute atomic E-state index is 0.0306. The van der Waals surface area contributed by atoms with Crippen LogP contribution in [-0.4, -0.2) is 33.9 Å². The number of benzene rings is 1.